The molecule has 0 radical (unpaired) electrons. The van der Waals surface area contributed by atoms with E-state index in [1.807, 2.05) is 42.5 Å². The van der Waals surface area contributed by atoms with Crippen LogP contribution in [0.5, 0.6) is 0 Å². The predicted octanol–water partition coefficient (Wildman–Crippen LogP) is 9.19. The molecule has 1 aliphatic rings. The van der Waals surface area contributed by atoms with Gasteiger partial charge in [0.25, 0.3) is 0 Å². The van der Waals surface area contributed by atoms with Gasteiger partial charge >= 0.3 is 0 Å². The van der Waals surface area contributed by atoms with Gasteiger partial charge in [0.15, 0.2) is 5.58 Å². The molecule has 0 bridgehead atoms. The van der Waals surface area contributed by atoms with E-state index in [2.05, 4.69) is 82.7 Å². The fourth-order valence-electron chi connectivity index (χ4n) is 6.06. The first kappa shape index (κ1) is 21.4. The van der Waals surface area contributed by atoms with E-state index in [1.54, 1.807) is 6.20 Å². The van der Waals surface area contributed by atoms with Crippen molar-refractivity contribution in [2.24, 2.45) is 0 Å². The smallest absolute Gasteiger partial charge is 0.236 e. The van der Waals surface area contributed by atoms with E-state index in [-0.39, 0.29) is 0 Å². The molecule has 3 aromatic heterocycles. The molecule has 0 fully saturated rings. The van der Waals surface area contributed by atoms with Gasteiger partial charge in [-0.2, -0.15) is 0 Å². The molecule has 0 aliphatic carbocycles. The lowest BCUT2D eigenvalue weighted by Gasteiger charge is -2.32. The minimum atomic E-state index is 0.582. The van der Waals surface area contributed by atoms with E-state index < -0.39 is 0 Å². The monoisotopic (exact) mass is 512 g/mol. The number of nitrogens with zero attached hydrogens (tertiary/aromatic N) is 4. The van der Waals surface area contributed by atoms with Gasteiger partial charge < -0.3 is 4.42 Å². The van der Waals surface area contributed by atoms with Crippen LogP contribution >= 0.6 is 0 Å². The highest BCUT2D eigenvalue weighted by molar-refractivity contribution is 6.16. The number of hydrogen-bond donors (Lipinski definition) is 0. The lowest BCUT2D eigenvalue weighted by molar-refractivity contribution is 0.667. The first-order valence-corrected chi connectivity index (χ1v) is 13.3. The standard InChI is InChI=1S/C35H20N4O/c1-2-10-23-20-29-26(19-22(23)9-1)24-14-7-11-21-12-8-16-28(31(21)24)39(29)35-37-32-25-13-3-4-17-30(25)40-34(32)33(38-35)27-15-5-6-18-36-27/h1-20H. The summed E-state index contributed by atoms with van der Waals surface area (Å²) in [6.07, 6.45) is 1.78. The summed E-state index contributed by atoms with van der Waals surface area (Å²) in [7, 11) is 0. The van der Waals surface area contributed by atoms with Crippen LogP contribution in [0.2, 0.25) is 0 Å². The molecule has 4 heterocycles. The largest absolute Gasteiger partial charge is 0.452 e. The van der Waals surface area contributed by atoms with E-state index in [1.165, 1.54) is 21.7 Å². The number of anilines is 3. The third kappa shape index (κ3) is 2.94. The average Bonchev–Trinajstić information content (AvgIpc) is 3.39. The highest BCUT2D eigenvalue weighted by atomic mass is 16.3. The fraction of sp³-hybridized carbons (Fsp3) is 0. The lowest BCUT2D eigenvalue weighted by Crippen LogP contribution is -2.18. The summed E-state index contributed by atoms with van der Waals surface area (Å²) in [6, 6.07) is 39.8. The molecule has 9 rings (SSSR count). The van der Waals surface area contributed by atoms with Crippen LogP contribution in [0.25, 0.3) is 66.1 Å². The van der Waals surface area contributed by atoms with Crippen LogP contribution in [0.1, 0.15) is 0 Å². The van der Waals surface area contributed by atoms with Gasteiger partial charge in [0.2, 0.25) is 5.95 Å². The second-order valence-corrected chi connectivity index (χ2v) is 10.1. The quantitative estimate of drug-likeness (QED) is 0.231. The number of rotatable bonds is 2. The molecule has 0 unspecified atom stereocenters. The normalized spacial score (nSPS) is 12.4. The molecule has 5 heteroatoms. The number of hydrogen-bond acceptors (Lipinski definition) is 5. The number of benzene rings is 5. The fourth-order valence-corrected chi connectivity index (χ4v) is 6.06. The Kier molecular flexibility index (Phi) is 4.27. The summed E-state index contributed by atoms with van der Waals surface area (Å²) in [5, 5.41) is 5.68. The molecule has 0 atom stereocenters. The number of aromatic nitrogens is 3. The van der Waals surface area contributed by atoms with Crippen LogP contribution in [-0.2, 0) is 0 Å². The second-order valence-electron chi connectivity index (χ2n) is 10.1. The van der Waals surface area contributed by atoms with Gasteiger partial charge in [-0.3, -0.25) is 9.88 Å². The molecule has 8 aromatic rings. The Labute approximate surface area is 229 Å². The lowest BCUT2D eigenvalue weighted by atomic mass is 9.90. The van der Waals surface area contributed by atoms with Gasteiger partial charge in [0.1, 0.15) is 16.8 Å². The first-order chi connectivity index (χ1) is 19.8. The molecular formula is C35H20N4O. The van der Waals surface area contributed by atoms with Crippen molar-refractivity contribution >= 4 is 60.9 Å². The van der Waals surface area contributed by atoms with Crippen molar-refractivity contribution < 1.29 is 4.42 Å². The highest BCUT2D eigenvalue weighted by Gasteiger charge is 2.30. The molecule has 1 aliphatic heterocycles. The molecule has 5 nitrogen and oxygen atoms in total. The summed E-state index contributed by atoms with van der Waals surface area (Å²) < 4.78 is 6.34. The Morgan fingerprint density at radius 3 is 2.25 bits per heavy atom. The van der Waals surface area contributed by atoms with E-state index in [0.717, 1.165) is 44.5 Å². The average molecular weight is 513 g/mol. The van der Waals surface area contributed by atoms with Gasteiger partial charge in [0, 0.05) is 22.5 Å². The Morgan fingerprint density at radius 2 is 1.38 bits per heavy atom. The molecule has 0 saturated heterocycles. The third-order valence-corrected chi connectivity index (χ3v) is 7.83. The van der Waals surface area contributed by atoms with Crippen molar-refractivity contribution in [3.05, 3.63) is 121 Å². The summed E-state index contributed by atoms with van der Waals surface area (Å²) >= 11 is 0. The molecule has 0 saturated carbocycles. The highest BCUT2D eigenvalue weighted by Crippen LogP contribution is 2.51. The number of fused-ring (bicyclic) bond motifs is 6. The topological polar surface area (TPSA) is 55.1 Å². The van der Waals surface area contributed by atoms with Crippen LogP contribution < -0.4 is 4.90 Å². The molecule has 5 aromatic carbocycles. The van der Waals surface area contributed by atoms with Crippen molar-refractivity contribution in [3.63, 3.8) is 0 Å². The maximum atomic E-state index is 6.34. The molecule has 0 amide bonds. The molecule has 0 N–H and O–H groups in total. The van der Waals surface area contributed by atoms with Crippen molar-refractivity contribution in [3.8, 4) is 22.5 Å². The Morgan fingerprint density at radius 1 is 0.600 bits per heavy atom. The van der Waals surface area contributed by atoms with Crippen LogP contribution in [0.15, 0.2) is 126 Å². The van der Waals surface area contributed by atoms with E-state index in [4.69, 9.17) is 14.4 Å². The van der Waals surface area contributed by atoms with Crippen molar-refractivity contribution in [1.29, 1.82) is 0 Å². The molecule has 186 valence electrons. The van der Waals surface area contributed by atoms with E-state index in [9.17, 15) is 0 Å². The number of furan rings is 1. The van der Waals surface area contributed by atoms with E-state index >= 15 is 0 Å². The van der Waals surface area contributed by atoms with Gasteiger partial charge in [-0.25, -0.2) is 9.97 Å². The minimum Gasteiger partial charge on any atom is -0.452 e. The second kappa shape index (κ2) is 7.98. The van der Waals surface area contributed by atoms with Crippen molar-refractivity contribution in [2.45, 2.75) is 0 Å². The Bertz CT molecular complexity index is 2280. The van der Waals surface area contributed by atoms with Crippen molar-refractivity contribution in [1.82, 2.24) is 15.0 Å². The zero-order valence-corrected chi connectivity index (χ0v) is 21.2. The number of pyridine rings is 1. The third-order valence-electron chi connectivity index (χ3n) is 7.83. The van der Waals surface area contributed by atoms with E-state index in [0.29, 0.717) is 17.2 Å². The van der Waals surface area contributed by atoms with Crippen LogP contribution in [0.3, 0.4) is 0 Å². The predicted molar refractivity (Wildman–Crippen MR) is 161 cm³/mol. The SMILES string of the molecule is c1ccc(-c2nc(N3c4cc5ccccc5cc4-c4cccc5cccc3c45)nc3c2oc2ccccc23)nc1. The molecule has 40 heavy (non-hydrogen) atoms. The summed E-state index contributed by atoms with van der Waals surface area (Å²) in [5.41, 5.74) is 8.06. The van der Waals surface area contributed by atoms with Crippen LogP contribution in [0.4, 0.5) is 17.3 Å². The van der Waals surface area contributed by atoms with Crippen LogP contribution in [0, 0.1) is 0 Å². The maximum absolute atomic E-state index is 6.34. The van der Waals surface area contributed by atoms with Crippen LogP contribution in [-0.4, -0.2) is 15.0 Å². The Hall–Kier alpha value is -5.55. The zero-order valence-electron chi connectivity index (χ0n) is 21.2. The summed E-state index contributed by atoms with van der Waals surface area (Å²) in [6.45, 7) is 0. The molecular weight excluding hydrogens is 492 g/mol. The first-order valence-electron chi connectivity index (χ1n) is 13.3. The maximum Gasteiger partial charge on any atom is 0.236 e. The molecule has 0 spiro atoms. The number of para-hydroxylation sites is 1. The minimum absolute atomic E-state index is 0.582. The summed E-state index contributed by atoms with van der Waals surface area (Å²) in [4.78, 5) is 17.2. The van der Waals surface area contributed by atoms with Gasteiger partial charge in [-0.15, -0.1) is 0 Å². The van der Waals surface area contributed by atoms with Gasteiger partial charge in [-0.1, -0.05) is 72.8 Å². The van der Waals surface area contributed by atoms with Crippen molar-refractivity contribution in [2.75, 3.05) is 4.90 Å². The Balaban J connectivity index is 1.43. The zero-order chi connectivity index (χ0) is 26.2. The van der Waals surface area contributed by atoms with Gasteiger partial charge in [0.05, 0.1) is 17.1 Å². The van der Waals surface area contributed by atoms with Gasteiger partial charge in [-0.05, 0) is 64.2 Å². The summed E-state index contributed by atoms with van der Waals surface area (Å²) in [5.74, 6) is 0.582.